The maximum absolute atomic E-state index is 13.6. The van der Waals surface area contributed by atoms with Crippen LogP contribution >= 0.6 is 23.2 Å². The predicted octanol–water partition coefficient (Wildman–Crippen LogP) is 4.36. The third-order valence-corrected chi connectivity index (χ3v) is 7.04. The van der Waals surface area contributed by atoms with Crippen molar-refractivity contribution >= 4 is 58.0 Å². The van der Waals surface area contributed by atoms with Crippen LogP contribution in [0.4, 0.5) is 0 Å². The van der Waals surface area contributed by atoms with Crippen LogP contribution in [-0.2, 0) is 16.1 Å². The molecule has 1 aromatic heterocycles. The molecule has 36 heavy (non-hydrogen) atoms. The number of imide groups is 1. The van der Waals surface area contributed by atoms with Crippen LogP contribution in [0.3, 0.4) is 0 Å². The number of halogens is 2. The Morgan fingerprint density at radius 3 is 1.78 bits per heavy atom. The Labute approximate surface area is 214 Å². The second-order valence-electron chi connectivity index (χ2n) is 9.00. The van der Waals surface area contributed by atoms with Gasteiger partial charge in [0.15, 0.2) is 11.5 Å². The molecule has 3 aromatic rings. The van der Waals surface area contributed by atoms with Gasteiger partial charge in [0.1, 0.15) is 22.2 Å². The van der Waals surface area contributed by atoms with E-state index in [2.05, 4.69) is 9.97 Å². The Hall–Kier alpha value is -3.56. The zero-order valence-corrected chi connectivity index (χ0v) is 20.1. The van der Waals surface area contributed by atoms with Gasteiger partial charge in [-0.05, 0) is 43.4 Å². The summed E-state index contributed by atoms with van der Waals surface area (Å²) >= 11 is 12.1. The molecule has 2 aliphatic carbocycles. The summed E-state index contributed by atoms with van der Waals surface area (Å²) in [5.74, 6) is -3.34. The minimum atomic E-state index is -0.712. The van der Waals surface area contributed by atoms with Crippen molar-refractivity contribution in [2.45, 2.75) is 32.2 Å². The number of esters is 2. The van der Waals surface area contributed by atoms with Crippen LogP contribution in [0.5, 0.6) is 11.5 Å². The summed E-state index contributed by atoms with van der Waals surface area (Å²) in [6.07, 6.45) is 5.45. The van der Waals surface area contributed by atoms with Crippen molar-refractivity contribution in [2.24, 2.45) is 11.8 Å². The second-order valence-corrected chi connectivity index (χ2v) is 9.81. The van der Waals surface area contributed by atoms with E-state index >= 15 is 0 Å². The summed E-state index contributed by atoms with van der Waals surface area (Å²) in [5, 5.41) is 0.595. The van der Waals surface area contributed by atoms with Crippen LogP contribution in [0, 0.1) is 11.8 Å². The van der Waals surface area contributed by atoms with E-state index in [1.807, 2.05) is 0 Å². The molecule has 0 spiro atoms. The number of carbonyl (C=O) groups excluding carboxylic acids is 4. The van der Waals surface area contributed by atoms with Crippen LogP contribution in [0.2, 0.25) is 10.0 Å². The number of hydrogen-bond acceptors (Lipinski definition) is 8. The SMILES string of the molecule is O=C(Oc1c2c(c(OC(=O)C3CC3)c3nccnc13)C(=O)N(Cc1ccc(Cl)c(Cl)c1)C2=O)C1CC1. The second kappa shape index (κ2) is 8.53. The Morgan fingerprint density at radius 2 is 1.33 bits per heavy atom. The van der Waals surface area contributed by atoms with Crippen molar-refractivity contribution in [1.82, 2.24) is 14.9 Å². The Kier molecular flexibility index (Phi) is 5.42. The molecular weight excluding hydrogens is 509 g/mol. The summed E-state index contributed by atoms with van der Waals surface area (Å²) in [6, 6.07) is 4.75. The van der Waals surface area contributed by atoms with Crippen molar-refractivity contribution < 1.29 is 28.7 Å². The number of aromatic nitrogens is 2. The molecule has 0 radical (unpaired) electrons. The van der Waals surface area contributed by atoms with Crippen LogP contribution in [0.15, 0.2) is 30.6 Å². The highest BCUT2D eigenvalue weighted by atomic mass is 35.5. The lowest BCUT2D eigenvalue weighted by Crippen LogP contribution is -2.29. The van der Waals surface area contributed by atoms with Crippen LogP contribution < -0.4 is 9.47 Å². The lowest BCUT2D eigenvalue weighted by Gasteiger charge is -2.14. The van der Waals surface area contributed by atoms with Crippen LogP contribution in [-0.4, -0.2) is 38.6 Å². The molecule has 182 valence electrons. The number of nitrogens with zero attached hydrogens (tertiary/aromatic N) is 3. The van der Waals surface area contributed by atoms with Crippen molar-refractivity contribution in [1.29, 1.82) is 0 Å². The molecule has 2 fully saturated rings. The molecule has 2 heterocycles. The summed E-state index contributed by atoms with van der Waals surface area (Å²) in [6.45, 7) is -0.132. The first-order chi connectivity index (χ1) is 17.3. The van der Waals surface area contributed by atoms with Gasteiger partial charge in [0.05, 0.1) is 28.4 Å². The number of ether oxygens (including phenoxy) is 2. The van der Waals surface area contributed by atoms with Gasteiger partial charge in [-0.1, -0.05) is 29.3 Å². The maximum Gasteiger partial charge on any atom is 0.314 e. The zero-order valence-electron chi connectivity index (χ0n) is 18.6. The first-order valence-electron chi connectivity index (χ1n) is 11.4. The van der Waals surface area contributed by atoms with E-state index in [0.717, 1.165) is 4.90 Å². The molecule has 0 saturated heterocycles. The maximum atomic E-state index is 13.6. The molecule has 0 N–H and O–H groups in total. The molecule has 0 bridgehead atoms. The van der Waals surface area contributed by atoms with Crippen molar-refractivity contribution in [3.63, 3.8) is 0 Å². The summed E-state index contributed by atoms with van der Waals surface area (Å²) < 4.78 is 11.3. The molecule has 0 unspecified atom stereocenters. The van der Waals surface area contributed by atoms with Crippen LogP contribution in [0.25, 0.3) is 11.0 Å². The fourth-order valence-corrected chi connectivity index (χ4v) is 4.39. The van der Waals surface area contributed by atoms with E-state index < -0.39 is 23.8 Å². The van der Waals surface area contributed by atoms with Crippen LogP contribution in [0.1, 0.15) is 52.0 Å². The van der Waals surface area contributed by atoms with E-state index in [-0.39, 0.29) is 57.1 Å². The molecular formula is C25H17Cl2N3O6. The van der Waals surface area contributed by atoms with Gasteiger partial charge in [-0.2, -0.15) is 0 Å². The predicted molar refractivity (Wildman–Crippen MR) is 127 cm³/mol. The number of hydrogen-bond donors (Lipinski definition) is 0. The van der Waals surface area contributed by atoms with Crippen molar-refractivity contribution in [3.8, 4) is 11.5 Å². The van der Waals surface area contributed by atoms with E-state index in [1.54, 1.807) is 18.2 Å². The fourth-order valence-electron chi connectivity index (χ4n) is 4.07. The average molecular weight is 526 g/mol. The largest absolute Gasteiger partial charge is 0.423 e. The normalized spacial score (nSPS) is 16.9. The molecule has 2 amide bonds. The lowest BCUT2D eigenvalue weighted by atomic mass is 10.0. The molecule has 2 aromatic carbocycles. The molecule has 1 aliphatic heterocycles. The number of carbonyl (C=O) groups is 4. The molecule has 9 nitrogen and oxygen atoms in total. The van der Waals surface area contributed by atoms with Gasteiger partial charge in [-0.25, -0.2) is 9.97 Å². The molecule has 2 saturated carbocycles. The average Bonchev–Trinajstić information content (AvgIpc) is 3.77. The van der Waals surface area contributed by atoms with Gasteiger partial charge in [0.2, 0.25) is 0 Å². The molecule has 0 atom stereocenters. The van der Waals surface area contributed by atoms with Gasteiger partial charge < -0.3 is 9.47 Å². The zero-order chi connectivity index (χ0) is 25.1. The highest BCUT2D eigenvalue weighted by Gasteiger charge is 2.46. The number of amides is 2. The van der Waals surface area contributed by atoms with Crippen molar-refractivity contribution in [3.05, 3.63) is 57.3 Å². The standard InChI is InChI=1S/C25H17Cl2N3O6/c26-14-6-1-11(9-15(14)27)10-30-22(31)16-17(23(30)32)21(36-25(34)13-4-5-13)19-18(28-7-8-29-19)20(16)35-24(33)12-2-3-12/h1,6-9,12-13H,2-5,10H2. The number of benzene rings is 2. The fraction of sp³-hybridized carbons (Fsp3) is 0.280. The van der Waals surface area contributed by atoms with Gasteiger partial charge in [0, 0.05) is 12.4 Å². The Bertz CT molecular complexity index is 1410. The number of fused-ring (bicyclic) bond motifs is 2. The summed E-state index contributed by atoms with van der Waals surface area (Å²) in [5.41, 5.74) is 0.303. The highest BCUT2D eigenvalue weighted by Crippen LogP contribution is 2.46. The smallest absolute Gasteiger partial charge is 0.314 e. The molecule has 3 aliphatic rings. The minimum absolute atomic E-state index is 0.0568. The quantitative estimate of drug-likeness (QED) is 0.264. The van der Waals surface area contributed by atoms with Crippen molar-refractivity contribution in [2.75, 3.05) is 0 Å². The number of rotatable bonds is 6. The molecule has 11 heteroatoms. The van der Waals surface area contributed by atoms with Gasteiger partial charge in [-0.15, -0.1) is 0 Å². The van der Waals surface area contributed by atoms with E-state index in [9.17, 15) is 19.2 Å². The Balaban J connectivity index is 1.51. The van der Waals surface area contributed by atoms with Gasteiger partial charge in [-0.3, -0.25) is 24.1 Å². The van der Waals surface area contributed by atoms with E-state index in [4.69, 9.17) is 32.7 Å². The third kappa shape index (κ3) is 3.88. The van der Waals surface area contributed by atoms with Gasteiger partial charge >= 0.3 is 11.9 Å². The monoisotopic (exact) mass is 525 g/mol. The highest BCUT2D eigenvalue weighted by molar-refractivity contribution is 6.42. The molecule has 6 rings (SSSR count). The first-order valence-corrected chi connectivity index (χ1v) is 12.1. The van der Waals surface area contributed by atoms with E-state index in [1.165, 1.54) is 12.4 Å². The van der Waals surface area contributed by atoms with Gasteiger partial charge in [0.25, 0.3) is 11.8 Å². The lowest BCUT2D eigenvalue weighted by molar-refractivity contribution is -0.136. The minimum Gasteiger partial charge on any atom is -0.423 e. The topological polar surface area (TPSA) is 116 Å². The third-order valence-electron chi connectivity index (χ3n) is 6.30. The Morgan fingerprint density at radius 1 is 0.833 bits per heavy atom. The summed E-state index contributed by atoms with van der Waals surface area (Å²) in [7, 11) is 0. The first kappa shape index (κ1) is 22.9. The van der Waals surface area contributed by atoms with E-state index in [0.29, 0.717) is 36.3 Å². The summed E-state index contributed by atoms with van der Waals surface area (Å²) in [4.78, 5) is 62.0.